The molecule has 4 bridgehead atoms. The molecule has 4 saturated carbocycles. The molecule has 0 heterocycles. The Balaban J connectivity index is 1.33. The summed E-state index contributed by atoms with van der Waals surface area (Å²) in [6.45, 7) is 0. The van der Waals surface area contributed by atoms with Crippen LogP contribution < -0.4 is 4.74 Å². The Kier molecular flexibility index (Phi) is 6.63. The molecular weight excluding hydrogens is 456 g/mol. The zero-order chi connectivity index (χ0) is 25.2. The summed E-state index contributed by atoms with van der Waals surface area (Å²) >= 11 is 0. The van der Waals surface area contributed by atoms with Crippen LogP contribution in [0.3, 0.4) is 0 Å². The van der Waals surface area contributed by atoms with E-state index in [9.17, 15) is 4.79 Å². The Hall–Kier alpha value is -3.33. The molecule has 0 aliphatic heterocycles. The van der Waals surface area contributed by atoms with Crippen molar-refractivity contribution in [2.45, 2.75) is 56.8 Å². The van der Waals surface area contributed by atoms with Gasteiger partial charge in [0.2, 0.25) is 0 Å². The van der Waals surface area contributed by atoms with Gasteiger partial charge < -0.3 is 9.47 Å². The van der Waals surface area contributed by atoms with Gasteiger partial charge >= 0.3 is 5.97 Å². The van der Waals surface area contributed by atoms with E-state index >= 15 is 0 Å². The van der Waals surface area contributed by atoms with Gasteiger partial charge in [0, 0.05) is 5.56 Å². The van der Waals surface area contributed by atoms with Gasteiger partial charge in [0.25, 0.3) is 0 Å². The predicted octanol–water partition coefficient (Wildman–Crippen LogP) is 7.99. The van der Waals surface area contributed by atoms with Gasteiger partial charge in [0.05, 0.1) is 18.9 Å². The first kappa shape index (κ1) is 24.0. The lowest BCUT2D eigenvalue weighted by Crippen LogP contribution is -2.48. The number of benzene rings is 3. The van der Waals surface area contributed by atoms with Crippen LogP contribution in [0.1, 0.15) is 72.0 Å². The summed E-state index contributed by atoms with van der Waals surface area (Å²) in [6.07, 6.45) is 11.5. The molecule has 7 rings (SSSR count). The summed E-state index contributed by atoms with van der Waals surface area (Å²) in [7, 11) is 1.80. The molecule has 4 fully saturated rings. The molecule has 0 unspecified atom stereocenters. The minimum Gasteiger partial charge on any atom is -0.496 e. The van der Waals surface area contributed by atoms with E-state index in [1.165, 1.54) is 49.7 Å². The van der Waals surface area contributed by atoms with Gasteiger partial charge in [-0.2, -0.15) is 0 Å². The SMILES string of the molecule is COc1ccc(/C(=C/OC(=O)c2ccccc2)CCc2ccccc2)cc1C12CC3CC(CC(C3)C1)C2. The van der Waals surface area contributed by atoms with Crippen molar-refractivity contribution in [2.75, 3.05) is 7.11 Å². The molecule has 3 aromatic carbocycles. The monoisotopic (exact) mass is 492 g/mol. The van der Waals surface area contributed by atoms with Crippen molar-refractivity contribution < 1.29 is 14.3 Å². The highest BCUT2D eigenvalue weighted by Crippen LogP contribution is 2.62. The fourth-order valence-electron chi connectivity index (χ4n) is 7.72. The van der Waals surface area contributed by atoms with Crippen molar-refractivity contribution in [2.24, 2.45) is 17.8 Å². The van der Waals surface area contributed by atoms with Gasteiger partial charge in [-0.1, -0.05) is 54.6 Å². The van der Waals surface area contributed by atoms with Crippen LogP contribution in [0.15, 0.2) is 85.1 Å². The normalized spacial score (nSPS) is 26.2. The van der Waals surface area contributed by atoms with Crippen LogP contribution in [0.5, 0.6) is 5.75 Å². The molecule has 3 nitrogen and oxygen atoms in total. The molecule has 4 aliphatic rings. The fraction of sp³-hybridized carbons (Fsp3) is 0.382. The quantitative estimate of drug-likeness (QED) is 0.236. The van der Waals surface area contributed by atoms with Crippen LogP contribution in [-0.2, 0) is 16.6 Å². The molecule has 4 aliphatic carbocycles. The molecule has 3 heteroatoms. The molecule has 0 amide bonds. The third-order valence-electron chi connectivity index (χ3n) is 9.02. The first-order valence-electron chi connectivity index (χ1n) is 13.8. The number of rotatable bonds is 8. The summed E-state index contributed by atoms with van der Waals surface area (Å²) in [5.41, 5.74) is 5.60. The van der Waals surface area contributed by atoms with E-state index < -0.39 is 0 Å². The number of hydrogen-bond acceptors (Lipinski definition) is 3. The highest BCUT2D eigenvalue weighted by molar-refractivity contribution is 5.90. The number of carbonyl (C=O) groups is 1. The van der Waals surface area contributed by atoms with Crippen molar-refractivity contribution in [3.8, 4) is 5.75 Å². The van der Waals surface area contributed by atoms with E-state index in [2.05, 4.69) is 42.5 Å². The average molecular weight is 493 g/mol. The molecule has 3 aromatic rings. The topological polar surface area (TPSA) is 35.5 Å². The second-order valence-corrected chi connectivity index (χ2v) is 11.5. The molecule has 0 N–H and O–H groups in total. The van der Waals surface area contributed by atoms with Crippen molar-refractivity contribution >= 4 is 11.5 Å². The molecule has 190 valence electrons. The van der Waals surface area contributed by atoms with Gasteiger partial charge in [-0.15, -0.1) is 0 Å². The van der Waals surface area contributed by atoms with Crippen LogP contribution in [0.25, 0.3) is 5.57 Å². The van der Waals surface area contributed by atoms with Crippen molar-refractivity contribution in [3.63, 3.8) is 0 Å². The lowest BCUT2D eigenvalue weighted by molar-refractivity contribution is -0.00616. The zero-order valence-corrected chi connectivity index (χ0v) is 21.7. The second-order valence-electron chi connectivity index (χ2n) is 11.5. The number of hydrogen-bond donors (Lipinski definition) is 0. The van der Waals surface area contributed by atoms with Gasteiger partial charge in [-0.3, -0.25) is 0 Å². The third kappa shape index (κ3) is 4.97. The first-order chi connectivity index (χ1) is 18.1. The van der Waals surface area contributed by atoms with Gasteiger partial charge in [0.15, 0.2) is 0 Å². The first-order valence-corrected chi connectivity index (χ1v) is 13.8. The van der Waals surface area contributed by atoms with E-state index in [1.807, 2.05) is 24.3 Å². The van der Waals surface area contributed by atoms with E-state index in [1.54, 1.807) is 25.5 Å². The van der Waals surface area contributed by atoms with Crippen LogP contribution in [0, 0.1) is 17.8 Å². The van der Waals surface area contributed by atoms with Crippen LogP contribution in [0.4, 0.5) is 0 Å². The van der Waals surface area contributed by atoms with Crippen molar-refractivity contribution in [3.05, 3.63) is 107 Å². The van der Waals surface area contributed by atoms with Gasteiger partial charge in [-0.05, 0) is 116 Å². The summed E-state index contributed by atoms with van der Waals surface area (Å²) in [5.74, 6) is 3.26. The van der Waals surface area contributed by atoms with Crippen LogP contribution in [-0.4, -0.2) is 13.1 Å². The summed E-state index contributed by atoms with van der Waals surface area (Å²) in [5, 5.41) is 0. The Morgan fingerprint density at radius 2 is 1.46 bits per heavy atom. The largest absolute Gasteiger partial charge is 0.496 e. The number of esters is 1. The Morgan fingerprint density at radius 1 is 0.838 bits per heavy atom. The maximum absolute atomic E-state index is 12.8. The molecule has 37 heavy (non-hydrogen) atoms. The highest BCUT2D eigenvalue weighted by Gasteiger charge is 2.52. The van der Waals surface area contributed by atoms with Crippen molar-refractivity contribution in [1.82, 2.24) is 0 Å². The molecule has 0 saturated heterocycles. The molecule has 0 radical (unpaired) electrons. The predicted molar refractivity (Wildman–Crippen MR) is 147 cm³/mol. The Bertz CT molecular complexity index is 1240. The zero-order valence-electron chi connectivity index (χ0n) is 21.7. The number of methoxy groups -OCH3 is 1. The fourth-order valence-corrected chi connectivity index (χ4v) is 7.72. The van der Waals surface area contributed by atoms with Crippen LogP contribution in [0.2, 0.25) is 0 Å². The van der Waals surface area contributed by atoms with Gasteiger partial charge in [-0.25, -0.2) is 4.79 Å². The van der Waals surface area contributed by atoms with E-state index in [-0.39, 0.29) is 11.4 Å². The molecule has 0 atom stereocenters. The summed E-state index contributed by atoms with van der Waals surface area (Å²) < 4.78 is 11.7. The van der Waals surface area contributed by atoms with Crippen molar-refractivity contribution in [1.29, 1.82) is 0 Å². The number of carbonyl (C=O) groups excluding carboxylic acids is 1. The lowest BCUT2D eigenvalue weighted by atomic mass is 9.48. The summed E-state index contributed by atoms with van der Waals surface area (Å²) in [6, 6.07) is 26.3. The van der Waals surface area contributed by atoms with E-state index in [4.69, 9.17) is 9.47 Å². The lowest BCUT2D eigenvalue weighted by Gasteiger charge is -2.57. The Labute approximate surface area is 220 Å². The van der Waals surface area contributed by atoms with Crippen LogP contribution >= 0.6 is 0 Å². The van der Waals surface area contributed by atoms with Gasteiger partial charge in [0.1, 0.15) is 5.75 Å². The van der Waals surface area contributed by atoms with E-state index in [0.29, 0.717) is 5.56 Å². The minimum atomic E-state index is -0.326. The number of allylic oxidation sites excluding steroid dienone is 1. The number of ether oxygens (including phenoxy) is 2. The molecular formula is C34H36O3. The molecule has 0 aromatic heterocycles. The smallest absolute Gasteiger partial charge is 0.342 e. The third-order valence-corrected chi connectivity index (χ3v) is 9.02. The number of aryl methyl sites for hydroxylation is 1. The maximum Gasteiger partial charge on any atom is 0.342 e. The second kappa shape index (κ2) is 10.2. The van der Waals surface area contributed by atoms with E-state index in [0.717, 1.165) is 47.5 Å². The maximum atomic E-state index is 12.8. The minimum absolute atomic E-state index is 0.224. The summed E-state index contributed by atoms with van der Waals surface area (Å²) in [4.78, 5) is 12.8. The highest BCUT2D eigenvalue weighted by atomic mass is 16.5. The standard InChI is InChI=1S/C34H36O3/c1-36-32-15-14-29(19-31(32)34-20-25-16-26(21-34)18-27(17-25)22-34)30(13-12-24-8-4-2-5-9-24)23-37-33(35)28-10-6-3-7-11-28/h2-11,14-15,19,23,25-27H,12-13,16-18,20-22H2,1H3/b30-23+. The molecule has 0 spiro atoms. The Morgan fingerprint density at radius 3 is 2.08 bits per heavy atom. The average Bonchev–Trinajstić information content (AvgIpc) is 2.93.